The van der Waals surface area contributed by atoms with Crippen molar-refractivity contribution in [1.82, 2.24) is 9.55 Å². The van der Waals surface area contributed by atoms with E-state index in [0.29, 0.717) is 18.9 Å². The molecule has 1 aliphatic heterocycles. The molecule has 0 spiro atoms. The molecule has 1 fully saturated rings. The first-order valence-electron chi connectivity index (χ1n) is 5.96. The van der Waals surface area contributed by atoms with Gasteiger partial charge in [0.05, 0.1) is 0 Å². The predicted octanol–water partition coefficient (Wildman–Crippen LogP) is -0.516. The Bertz CT molecular complexity index is 474. The molecule has 6 nitrogen and oxygen atoms in total. The van der Waals surface area contributed by atoms with Crippen LogP contribution >= 0.6 is 0 Å². The minimum atomic E-state index is -0.353. The van der Waals surface area contributed by atoms with E-state index < -0.39 is 0 Å². The fourth-order valence-electron chi connectivity index (χ4n) is 2.21. The lowest BCUT2D eigenvalue weighted by atomic mass is 10.1. The van der Waals surface area contributed by atoms with Gasteiger partial charge in [0.25, 0.3) is 5.56 Å². The summed E-state index contributed by atoms with van der Waals surface area (Å²) in [6.07, 6.45) is 1.98. The molecule has 1 atom stereocenters. The summed E-state index contributed by atoms with van der Waals surface area (Å²) in [5, 5.41) is 0. The first-order valence-corrected chi connectivity index (χ1v) is 5.96. The Morgan fingerprint density at radius 2 is 2.29 bits per heavy atom. The molecule has 3 N–H and O–H groups in total. The van der Waals surface area contributed by atoms with E-state index in [1.807, 2.05) is 4.90 Å². The molecule has 1 aliphatic rings. The molecule has 0 saturated carbocycles. The SMILES string of the molecule is CCn1c(=O)cc(N2CCC[C@@H](N)C2)[nH]c1=O. The summed E-state index contributed by atoms with van der Waals surface area (Å²) in [6.45, 7) is 3.67. The molecule has 0 radical (unpaired) electrons. The third-order valence-corrected chi connectivity index (χ3v) is 3.12. The van der Waals surface area contributed by atoms with Gasteiger partial charge < -0.3 is 10.6 Å². The molecule has 1 aromatic rings. The Morgan fingerprint density at radius 3 is 2.88 bits per heavy atom. The van der Waals surface area contributed by atoms with Gasteiger partial charge in [-0.1, -0.05) is 0 Å². The molecule has 2 heterocycles. The van der Waals surface area contributed by atoms with Gasteiger partial charge in [-0.05, 0) is 19.8 Å². The zero-order valence-electron chi connectivity index (χ0n) is 9.98. The van der Waals surface area contributed by atoms with Crippen LogP contribution in [0, 0.1) is 0 Å². The number of hydrogen-bond donors (Lipinski definition) is 2. The number of rotatable bonds is 2. The molecule has 2 rings (SSSR count). The van der Waals surface area contributed by atoms with Crippen molar-refractivity contribution in [2.24, 2.45) is 5.73 Å². The highest BCUT2D eigenvalue weighted by atomic mass is 16.2. The highest BCUT2D eigenvalue weighted by Crippen LogP contribution is 2.14. The highest BCUT2D eigenvalue weighted by molar-refractivity contribution is 5.37. The summed E-state index contributed by atoms with van der Waals surface area (Å²) in [6, 6.07) is 1.59. The largest absolute Gasteiger partial charge is 0.356 e. The van der Waals surface area contributed by atoms with E-state index in [9.17, 15) is 9.59 Å². The van der Waals surface area contributed by atoms with Crippen LogP contribution in [0.4, 0.5) is 5.82 Å². The summed E-state index contributed by atoms with van der Waals surface area (Å²) in [4.78, 5) is 28.1. The lowest BCUT2D eigenvalue weighted by Gasteiger charge is -2.31. The van der Waals surface area contributed by atoms with Crippen LogP contribution in [-0.4, -0.2) is 28.7 Å². The summed E-state index contributed by atoms with van der Waals surface area (Å²) in [5.41, 5.74) is 5.27. The third-order valence-electron chi connectivity index (χ3n) is 3.12. The van der Waals surface area contributed by atoms with E-state index in [0.717, 1.165) is 19.4 Å². The van der Waals surface area contributed by atoms with Gasteiger partial charge in [-0.25, -0.2) is 4.79 Å². The molecular weight excluding hydrogens is 220 g/mol. The third kappa shape index (κ3) is 2.41. The number of H-pyrrole nitrogens is 1. The number of anilines is 1. The van der Waals surface area contributed by atoms with Crippen molar-refractivity contribution in [1.29, 1.82) is 0 Å². The number of aromatic amines is 1. The topological polar surface area (TPSA) is 84.1 Å². The van der Waals surface area contributed by atoms with Crippen LogP contribution in [0.15, 0.2) is 15.7 Å². The van der Waals surface area contributed by atoms with Gasteiger partial charge in [0, 0.05) is 31.7 Å². The molecule has 1 saturated heterocycles. The van der Waals surface area contributed by atoms with Crippen LogP contribution in [-0.2, 0) is 6.54 Å². The second-order valence-electron chi connectivity index (χ2n) is 4.39. The fourth-order valence-corrected chi connectivity index (χ4v) is 2.21. The predicted molar refractivity (Wildman–Crippen MR) is 66.4 cm³/mol. The summed E-state index contributed by atoms with van der Waals surface area (Å²) >= 11 is 0. The van der Waals surface area contributed by atoms with Crippen molar-refractivity contribution >= 4 is 5.82 Å². The zero-order chi connectivity index (χ0) is 12.4. The zero-order valence-corrected chi connectivity index (χ0v) is 9.98. The number of nitrogens with zero attached hydrogens (tertiary/aromatic N) is 2. The Morgan fingerprint density at radius 1 is 1.53 bits per heavy atom. The maximum absolute atomic E-state index is 11.7. The van der Waals surface area contributed by atoms with Gasteiger partial charge in [0.15, 0.2) is 0 Å². The number of aromatic nitrogens is 2. The van der Waals surface area contributed by atoms with Gasteiger partial charge in [-0.3, -0.25) is 14.3 Å². The van der Waals surface area contributed by atoms with Gasteiger partial charge in [0.2, 0.25) is 0 Å². The van der Waals surface area contributed by atoms with E-state index in [4.69, 9.17) is 5.73 Å². The molecule has 1 aromatic heterocycles. The van der Waals surface area contributed by atoms with Gasteiger partial charge in [-0.2, -0.15) is 0 Å². The lowest BCUT2D eigenvalue weighted by molar-refractivity contribution is 0.501. The number of nitrogens with one attached hydrogen (secondary N) is 1. The maximum atomic E-state index is 11.7. The standard InChI is InChI=1S/C11H18N4O2/c1-2-15-10(16)6-9(13-11(15)17)14-5-3-4-8(12)7-14/h6,8H,2-5,7,12H2,1H3,(H,13,17)/t8-/m1/s1. The van der Waals surface area contributed by atoms with Crippen molar-refractivity contribution in [3.05, 3.63) is 26.9 Å². The number of piperidine rings is 1. The second kappa shape index (κ2) is 4.75. The Hall–Kier alpha value is -1.56. The molecule has 0 aromatic carbocycles. The minimum Gasteiger partial charge on any atom is -0.356 e. The van der Waals surface area contributed by atoms with E-state index in [1.54, 1.807) is 6.92 Å². The second-order valence-corrected chi connectivity index (χ2v) is 4.39. The van der Waals surface area contributed by atoms with E-state index in [-0.39, 0.29) is 17.3 Å². The van der Waals surface area contributed by atoms with Gasteiger partial charge >= 0.3 is 5.69 Å². The normalized spacial score (nSPS) is 20.6. The maximum Gasteiger partial charge on any atom is 0.329 e. The van der Waals surface area contributed by atoms with Crippen LogP contribution in [0.5, 0.6) is 0 Å². The van der Waals surface area contributed by atoms with Crippen molar-refractivity contribution in [3.8, 4) is 0 Å². The summed E-state index contributed by atoms with van der Waals surface area (Å²) in [5.74, 6) is 0.583. The van der Waals surface area contributed by atoms with Crippen molar-refractivity contribution in [2.75, 3.05) is 18.0 Å². The smallest absolute Gasteiger partial charge is 0.329 e. The van der Waals surface area contributed by atoms with Crippen LogP contribution in [0.3, 0.4) is 0 Å². The van der Waals surface area contributed by atoms with Crippen LogP contribution in [0.25, 0.3) is 0 Å². The lowest BCUT2D eigenvalue weighted by Crippen LogP contribution is -2.45. The Balaban J connectivity index is 2.34. The van der Waals surface area contributed by atoms with Crippen LogP contribution in [0.1, 0.15) is 19.8 Å². The van der Waals surface area contributed by atoms with Gasteiger partial charge in [0.1, 0.15) is 5.82 Å². The van der Waals surface area contributed by atoms with Gasteiger partial charge in [-0.15, -0.1) is 0 Å². The van der Waals surface area contributed by atoms with E-state index in [1.165, 1.54) is 10.6 Å². The average molecular weight is 238 g/mol. The molecule has 0 aliphatic carbocycles. The summed E-state index contributed by atoms with van der Waals surface area (Å²) in [7, 11) is 0. The highest BCUT2D eigenvalue weighted by Gasteiger charge is 2.18. The molecule has 94 valence electrons. The molecule has 17 heavy (non-hydrogen) atoms. The first kappa shape index (κ1) is 11.9. The Labute approximate surface area is 99.1 Å². The van der Waals surface area contributed by atoms with E-state index >= 15 is 0 Å². The number of nitrogens with two attached hydrogens (primary N) is 1. The van der Waals surface area contributed by atoms with Crippen LogP contribution in [0.2, 0.25) is 0 Å². The van der Waals surface area contributed by atoms with Crippen molar-refractivity contribution < 1.29 is 0 Å². The molecule has 0 bridgehead atoms. The summed E-state index contributed by atoms with van der Waals surface area (Å²) < 4.78 is 1.17. The monoisotopic (exact) mass is 238 g/mol. The number of hydrogen-bond acceptors (Lipinski definition) is 4. The molecular formula is C11H18N4O2. The first-order chi connectivity index (χ1) is 8.11. The van der Waals surface area contributed by atoms with E-state index in [2.05, 4.69) is 4.98 Å². The van der Waals surface area contributed by atoms with Crippen LogP contribution < -0.4 is 21.9 Å². The minimum absolute atomic E-state index is 0.112. The Kier molecular flexibility index (Phi) is 3.33. The molecule has 0 amide bonds. The quantitative estimate of drug-likeness (QED) is 0.726. The fraction of sp³-hybridized carbons (Fsp3) is 0.636. The molecule has 0 unspecified atom stereocenters. The average Bonchev–Trinajstić information content (AvgIpc) is 2.28. The molecule has 6 heteroatoms. The van der Waals surface area contributed by atoms with Crippen molar-refractivity contribution in [2.45, 2.75) is 32.4 Å². The van der Waals surface area contributed by atoms with Crippen molar-refractivity contribution in [3.63, 3.8) is 0 Å².